The van der Waals surface area contributed by atoms with Crippen LogP contribution < -0.4 is 16.0 Å². The van der Waals surface area contributed by atoms with Gasteiger partial charge in [0.25, 0.3) is 0 Å². The molecule has 1 aromatic rings. The molecule has 8 heteroatoms. The second-order valence-corrected chi connectivity index (χ2v) is 6.25. The summed E-state index contributed by atoms with van der Waals surface area (Å²) < 4.78 is 9.84. The van der Waals surface area contributed by atoms with Gasteiger partial charge in [0.05, 0.1) is 11.4 Å². The molecule has 0 spiro atoms. The Labute approximate surface area is 147 Å². The van der Waals surface area contributed by atoms with E-state index in [0.29, 0.717) is 11.4 Å². The molecule has 25 heavy (non-hydrogen) atoms. The van der Waals surface area contributed by atoms with Gasteiger partial charge in [-0.2, -0.15) is 0 Å². The Balaban J connectivity index is 2.49. The third kappa shape index (κ3) is 8.71. The van der Waals surface area contributed by atoms with Gasteiger partial charge in [0, 0.05) is 20.1 Å². The molecule has 0 saturated carbocycles. The van der Waals surface area contributed by atoms with Gasteiger partial charge in [-0.25, -0.2) is 4.79 Å². The summed E-state index contributed by atoms with van der Waals surface area (Å²) in [6.45, 7) is 5.33. The van der Waals surface area contributed by atoms with E-state index in [1.54, 1.807) is 45.0 Å². The summed E-state index contributed by atoms with van der Waals surface area (Å²) in [6.07, 6.45) is -0.507. The minimum absolute atomic E-state index is 0.0690. The molecule has 1 rings (SSSR count). The van der Waals surface area contributed by atoms with Crippen LogP contribution in [0.4, 0.5) is 16.2 Å². The number of carbonyl (C=O) groups excluding carboxylic acids is 3. The number of alkyl carbamates (subject to hydrolysis) is 1. The summed E-state index contributed by atoms with van der Waals surface area (Å²) in [4.78, 5) is 35.1. The van der Waals surface area contributed by atoms with Gasteiger partial charge in [-0.3, -0.25) is 9.59 Å². The van der Waals surface area contributed by atoms with Gasteiger partial charge in [0.1, 0.15) is 12.2 Å². The lowest BCUT2D eigenvalue weighted by molar-refractivity contribution is -0.119. The predicted octanol–water partition coefficient (Wildman–Crippen LogP) is 2.12. The first-order valence-electron chi connectivity index (χ1n) is 7.86. The number of ether oxygens (including phenoxy) is 2. The number of benzene rings is 1. The van der Waals surface area contributed by atoms with Crippen LogP contribution in [0.2, 0.25) is 0 Å². The molecule has 0 aromatic heterocycles. The molecule has 0 aliphatic heterocycles. The van der Waals surface area contributed by atoms with Crippen molar-refractivity contribution in [2.45, 2.75) is 32.8 Å². The van der Waals surface area contributed by atoms with Crippen LogP contribution in [0.25, 0.3) is 0 Å². The van der Waals surface area contributed by atoms with Crippen LogP contribution in [0.15, 0.2) is 24.3 Å². The Morgan fingerprint density at radius 3 is 2.08 bits per heavy atom. The summed E-state index contributed by atoms with van der Waals surface area (Å²) in [5, 5.41) is 7.85. The summed E-state index contributed by atoms with van der Waals surface area (Å²) in [7, 11) is 1.42. The van der Waals surface area contributed by atoms with Crippen molar-refractivity contribution in [3.8, 4) is 0 Å². The molecule has 138 valence electrons. The van der Waals surface area contributed by atoms with Crippen molar-refractivity contribution in [2.75, 3.05) is 30.9 Å². The molecular weight excluding hydrogens is 326 g/mol. The van der Waals surface area contributed by atoms with Crippen LogP contribution >= 0.6 is 0 Å². The molecule has 0 bridgehead atoms. The summed E-state index contributed by atoms with van der Waals surface area (Å²) in [6, 6.07) is 6.81. The largest absolute Gasteiger partial charge is 0.444 e. The number of amides is 3. The monoisotopic (exact) mass is 351 g/mol. The third-order valence-corrected chi connectivity index (χ3v) is 2.77. The smallest absolute Gasteiger partial charge is 0.407 e. The number of para-hydroxylation sites is 2. The van der Waals surface area contributed by atoms with Crippen molar-refractivity contribution in [1.82, 2.24) is 5.32 Å². The van der Waals surface area contributed by atoms with Crippen LogP contribution in [0.3, 0.4) is 0 Å². The molecule has 1 aromatic carbocycles. The van der Waals surface area contributed by atoms with E-state index in [0.717, 1.165) is 0 Å². The first-order chi connectivity index (χ1) is 11.7. The van der Waals surface area contributed by atoms with Crippen molar-refractivity contribution in [3.05, 3.63) is 24.3 Å². The van der Waals surface area contributed by atoms with Gasteiger partial charge in [-0.1, -0.05) is 12.1 Å². The molecule has 0 saturated heterocycles. The molecule has 0 aliphatic rings. The maximum Gasteiger partial charge on any atom is 0.407 e. The van der Waals surface area contributed by atoms with Gasteiger partial charge < -0.3 is 25.4 Å². The van der Waals surface area contributed by atoms with E-state index in [1.807, 2.05) is 0 Å². The van der Waals surface area contributed by atoms with E-state index < -0.39 is 11.7 Å². The van der Waals surface area contributed by atoms with Gasteiger partial charge in [-0.05, 0) is 32.9 Å². The van der Waals surface area contributed by atoms with Crippen LogP contribution in [-0.2, 0) is 19.1 Å². The topological polar surface area (TPSA) is 106 Å². The highest BCUT2D eigenvalue weighted by atomic mass is 16.6. The summed E-state index contributed by atoms with van der Waals surface area (Å²) >= 11 is 0. The molecule has 3 N–H and O–H groups in total. The van der Waals surface area contributed by atoms with Gasteiger partial charge in [0.2, 0.25) is 11.8 Å². The maximum atomic E-state index is 12.0. The van der Waals surface area contributed by atoms with E-state index in [9.17, 15) is 14.4 Å². The Bertz CT molecular complexity index is 611. The molecule has 0 heterocycles. The molecule has 0 unspecified atom stereocenters. The predicted molar refractivity (Wildman–Crippen MR) is 94.4 cm³/mol. The fourth-order valence-electron chi connectivity index (χ4n) is 1.82. The standard InChI is InChI=1S/C17H25N3O5/c1-17(2,3)25-16(23)18-10-9-14(21)19-12-7-5-6-8-13(12)20-15(22)11-24-4/h5-8H,9-11H2,1-4H3,(H,18,23)(H,19,21)(H,20,22). The van der Waals surface area contributed by atoms with Gasteiger partial charge in [-0.15, -0.1) is 0 Å². The summed E-state index contributed by atoms with van der Waals surface area (Å²) in [5.41, 5.74) is 0.346. The second kappa shape index (κ2) is 9.63. The fourth-order valence-corrected chi connectivity index (χ4v) is 1.82. The average Bonchev–Trinajstić information content (AvgIpc) is 2.47. The van der Waals surface area contributed by atoms with Crippen LogP contribution in [0.1, 0.15) is 27.2 Å². The lowest BCUT2D eigenvalue weighted by Crippen LogP contribution is -2.34. The number of carbonyl (C=O) groups is 3. The Hall–Kier alpha value is -2.61. The van der Waals surface area contributed by atoms with E-state index >= 15 is 0 Å². The SMILES string of the molecule is COCC(=O)Nc1ccccc1NC(=O)CCNC(=O)OC(C)(C)C. The fraction of sp³-hybridized carbons (Fsp3) is 0.471. The van der Waals surface area contributed by atoms with Crippen LogP contribution in [0, 0.1) is 0 Å². The minimum Gasteiger partial charge on any atom is -0.444 e. The number of anilines is 2. The zero-order valence-electron chi connectivity index (χ0n) is 15.0. The third-order valence-electron chi connectivity index (χ3n) is 2.77. The number of methoxy groups -OCH3 is 1. The average molecular weight is 351 g/mol. The normalized spacial score (nSPS) is 10.7. The minimum atomic E-state index is -0.592. The molecular formula is C17H25N3O5. The number of hydrogen-bond donors (Lipinski definition) is 3. The molecule has 3 amide bonds. The van der Waals surface area contributed by atoms with Gasteiger partial charge >= 0.3 is 6.09 Å². The van der Waals surface area contributed by atoms with E-state index in [-0.39, 0.29) is 31.4 Å². The van der Waals surface area contributed by atoms with Crippen LogP contribution in [-0.4, -0.2) is 43.8 Å². The lowest BCUT2D eigenvalue weighted by Gasteiger charge is -2.19. The highest BCUT2D eigenvalue weighted by Crippen LogP contribution is 2.21. The van der Waals surface area contributed by atoms with Crippen molar-refractivity contribution in [1.29, 1.82) is 0 Å². The zero-order valence-corrected chi connectivity index (χ0v) is 15.0. The Kier molecular flexibility index (Phi) is 7.87. The summed E-state index contributed by atoms with van der Waals surface area (Å²) in [5.74, 6) is -0.625. The Morgan fingerprint density at radius 2 is 1.56 bits per heavy atom. The highest BCUT2D eigenvalue weighted by Gasteiger charge is 2.16. The molecule has 0 radical (unpaired) electrons. The number of hydrogen-bond acceptors (Lipinski definition) is 5. The van der Waals surface area contributed by atoms with E-state index in [4.69, 9.17) is 9.47 Å². The number of rotatable bonds is 7. The molecule has 0 fully saturated rings. The van der Waals surface area contributed by atoms with E-state index in [2.05, 4.69) is 16.0 Å². The first kappa shape index (κ1) is 20.4. The van der Waals surface area contributed by atoms with Crippen molar-refractivity contribution in [3.63, 3.8) is 0 Å². The van der Waals surface area contributed by atoms with Crippen LogP contribution in [0.5, 0.6) is 0 Å². The zero-order chi connectivity index (χ0) is 18.9. The lowest BCUT2D eigenvalue weighted by atomic mass is 10.2. The molecule has 0 atom stereocenters. The first-order valence-corrected chi connectivity index (χ1v) is 7.86. The van der Waals surface area contributed by atoms with Gasteiger partial charge in [0.15, 0.2) is 0 Å². The van der Waals surface area contributed by atoms with E-state index in [1.165, 1.54) is 7.11 Å². The maximum absolute atomic E-state index is 12.0. The Morgan fingerprint density at radius 1 is 1.00 bits per heavy atom. The second-order valence-electron chi connectivity index (χ2n) is 6.25. The molecule has 0 aliphatic carbocycles. The molecule has 8 nitrogen and oxygen atoms in total. The van der Waals surface area contributed by atoms with Crippen molar-refractivity contribution in [2.24, 2.45) is 0 Å². The van der Waals surface area contributed by atoms with Crippen molar-refractivity contribution < 1.29 is 23.9 Å². The number of nitrogens with one attached hydrogen (secondary N) is 3. The van der Waals surface area contributed by atoms with Crippen molar-refractivity contribution >= 4 is 29.3 Å². The highest BCUT2D eigenvalue weighted by molar-refractivity contribution is 5.99. The quantitative estimate of drug-likeness (QED) is 0.698.